The average molecular weight is 216 g/mol. The second-order valence-corrected chi connectivity index (χ2v) is 5.64. The van der Waals surface area contributed by atoms with E-state index < -0.39 is 0 Å². The molecule has 0 unspecified atom stereocenters. The minimum absolute atomic E-state index is 0.282. The van der Waals surface area contributed by atoms with Crippen LogP contribution in [0.25, 0.3) is 6.08 Å². The van der Waals surface area contributed by atoms with E-state index in [4.69, 9.17) is 0 Å². The van der Waals surface area contributed by atoms with E-state index >= 15 is 0 Å². The zero-order valence-corrected chi connectivity index (χ0v) is 11.1. The molecule has 88 valence electrons. The van der Waals surface area contributed by atoms with E-state index in [1.807, 2.05) is 6.08 Å². The van der Waals surface area contributed by atoms with Gasteiger partial charge < -0.3 is 0 Å². The topological polar surface area (TPSA) is 0 Å². The van der Waals surface area contributed by atoms with Crippen LogP contribution in [0.1, 0.15) is 51.7 Å². The van der Waals surface area contributed by atoms with Crippen molar-refractivity contribution in [3.05, 3.63) is 42.0 Å². The second-order valence-electron chi connectivity index (χ2n) is 5.64. The Balaban J connectivity index is 2.76. The summed E-state index contributed by atoms with van der Waals surface area (Å²) >= 11 is 0. The summed E-state index contributed by atoms with van der Waals surface area (Å²) < 4.78 is 0. The lowest BCUT2D eigenvalue weighted by molar-refractivity contribution is 0.415. The molecule has 0 atom stereocenters. The molecule has 0 heteroatoms. The van der Waals surface area contributed by atoms with E-state index in [-0.39, 0.29) is 5.41 Å². The maximum absolute atomic E-state index is 3.78. The minimum Gasteiger partial charge on any atom is -0.0985 e. The summed E-state index contributed by atoms with van der Waals surface area (Å²) in [6, 6.07) is 8.77. The molecule has 1 aromatic rings. The standard InChI is InChI=1S/C16H24/c1-6-14-7-9-15(10-8-14)16(4,5)12-11-13(2)3/h6-10,13H,1,11-12H2,2-5H3. The molecule has 0 amide bonds. The lowest BCUT2D eigenvalue weighted by Gasteiger charge is -2.26. The fraction of sp³-hybridized carbons (Fsp3) is 0.500. The summed E-state index contributed by atoms with van der Waals surface area (Å²) in [6.07, 6.45) is 4.43. The molecule has 0 heterocycles. The van der Waals surface area contributed by atoms with Gasteiger partial charge in [-0.2, -0.15) is 0 Å². The van der Waals surface area contributed by atoms with Crippen molar-refractivity contribution in [3.63, 3.8) is 0 Å². The SMILES string of the molecule is C=Cc1ccc(C(C)(C)CCC(C)C)cc1. The molecule has 0 aliphatic rings. The Hall–Kier alpha value is -1.04. The van der Waals surface area contributed by atoms with Crippen LogP contribution in [-0.4, -0.2) is 0 Å². The van der Waals surface area contributed by atoms with Crippen LogP contribution < -0.4 is 0 Å². The van der Waals surface area contributed by atoms with Crippen LogP contribution in [0.4, 0.5) is 0 Å². The average Bonchev–Trinajstić information content (AvgIpc) is 2.27. The first-order chi connectivity index (χ1) is 7.45. The highest BCUT2D eigenvalue weighted by Gasteiger charge is 2.20. The third kappa shape index (κ3) is 3.52. The second kappa shape index (κ2) is 5.34. The van der Waals surface area contributed by atoms with Crippen molar-refractivity contribution in [2.45, 2.75) is 46.0 Å². The Morgan fingerprint density at radius 3 is 2.19 bits per heavy atom. The van der Waals surface area contributed by atoms with E-state index in [1.165, 1.54) is 24.0 Å². The molecule has 0 saturated heterocycles. The Morgan fingerprint density at radius 2 is 1.75 bits per heavy atom. The molecule has 1 aromatic carbocycles. The molecule has 0 saturated carbocycles. The quantitative estimate of drug-likeness (QED) is 0.646. The fourth-order valence-electron chi connectivity index (χ4n) is 1.86. The molecule has 0 nitrogen and oxygen atoms in total. The van der Waals surface area contributed by atoms with Crippen LogP contribution >= 0.6 is 0 Å². The van der Waals surface area contributed by atoms with Crippen LogP contribution in [0.15, 0.2) is 30.8 Å². The zero-order valence-electron chi connectivity index (χ0n) is 11.1. The summed E-state index contributed by atoms with van der Waals surface area (Å²) in [6.45, 7) is 13.0. The molecule has 0 aliphatic carbocycles. The van der Waals surface area contributed by atoms with Gasteiger partial charge in [0, 0.05) is 0 Å². The highest BCUT2D eigenvalue weighted by atomic mass is 14.2. The minimum atomic E-state index is 0.282. The lowest BCUT2D eigenvalue weighted by Crippen LogP contribution is -2.17. The van der Waals surface area contributed by atoms with Crippen LogP contribution in [0, 0.1) is 5.92 Å². The smallest absolute Gasteiger partial charge is 0.0103 e. The summed E-state index contributed by atoms with van der Waals surface area (Å²) in [4.78, 5) is 0. The van der Waals surface area contributed by atoms with Gasteiger partial charge in [0.05, 0.1) is 0 Å². The molecule has 0 spiro atoms. The van der Waals surface area contributed by atoms with Crippen molar-refractivity contribution < 1.29 is 0 Å². The summed E-state index contributed by atoms with van der Waals surface area (Å²) in [5.74, 6) is 0.784. The highest BCUT2D eigenvalue weighted by Crippen LogP contribution is 2.30. The van der Waals surface area contributed by atoms with Crippen molar-refractivity contribution in [2.24, 2.45) is 5.92 Å². The number of hydrogen-bond acceptors (Lipinski definition) is 0. The van der Waals surface area contributed by atoms with E-state index in [2.05, 4.69) is 58.5 Å². The molecular formula is C16H24. The van der Waals surface area contributed by atoms with Crippen molar-refractivity contribution in [2.75, 3.05) is 0 Å². The van der Waals surface area contributed by atoms with Crippen LogP contribution in [0.3, 0.4) is 0 Å². The van der Waals surface area contributed by atoms with E-state index in [0.717, 1.165) is 5.92 Å². The van der Waals surface area contributed by atoms with Gasteiger partial charge in [-0.1, -0.05) is 71.0 Å². The molecule has 0 aromatic heterocycles. The first kappa shape index (κ1) is 13.0. The molecule has 0 aliphatic heterocycles. The Labute approximate surface area is 100 Å². The largest absolute Gasteiger partial charge is 0.0985 e. The molecule has 0 bridgehead atoms. The first-order valence-corrected chi connectivity index (χ1v) is 6.18. The van der Waals surface area contributed by atoms with Crippen LogP contribution in [0.5, 0.6) is 0 Å². The van der Waals surface area contributed by atoms with Gasteiger partial charge in [-0.05, 0) is 28.9 Å². The van der Waals surface area contributed by atoms with Gasteiger partial charge >= 0.3 is 0 Å². The summed E-state index contributed by atoms with van der Waals surface area (Å²) in [5.41, 5.74) is 2.91. The number of benzene rings is 1. The van der Waals surface area contributed by atoms with Crippen LogP contribution in [-0.2, 0) is 5.41 Å². The predicted octanol–water partition coefficient (Wildman–Crippen LogP) is 5.04. The highest BCUT2D eigenvalue weighted by molar-refractivity contribution is 5.47. The maximum Gasteiger partial charge on any atom is -0.0103 e. The zero-order chi connectivity index (χ0) is 12.2. The first-order valence-electron chi connectivity index (χ1n) is 6.18. The van der Waals surface area contributed by atoms with Crippen LogP contribution in [0.2, 0.25) is 0 Å². The Morgan fingerprint density at radius 1 is 1.19 bits per heavy atom. The fourth-order valence-corrected chi connectivity index (χ4v) is 1.86. The normalized spacial score (nSPS) is 11.8. The third-order valence-corrected chi connectivity index (χ3v) is 3.27. The van der Waals surface area contributed by atoms with E-state index in [9.17, 15) is 0 Å². The number of rotatable bonds is 5. The molecule has 0 fully saturated rings. The molecule has 16 heavy (non-hydrogen) atoms. The Bertz CT molecular complexity index is 328. The van der Waals surface area contributed by atoms with Gasteiger partial charge in [-0.15, -0.1) is 0 Å². The molecular weight excluding hydrogens is 192 g/mol. The van der Waals surface area contributed by atoms with Gasteiger partial charge in [0.1, 0.15) is 0 Å². The third-order valence-electron chi connectivity index (χ3n) is 3.27. The molecule has 0 radical (unpaired) electrons. The molecule has 0 N–H and O–H groups in total. The van der Waals surface area contributed by atoms with E-state index in [1.54, 1.807) is 0 Å². The van der Waals surface area contributed by atoms with Gasteiger partial charge in [0.25, 0.3) is 0 Å². The lowest BCUT2D eigenvalue weighted by atomic mass is 9.79. The monoisotopic (exact) mass is 216 g/mol. The van der Waals surface area contributed by atoms with E-state index in [0.29, 0.717) is 0 Å². The van der Waals surface area contributed by atoms with Gasteiger partial charge in [-0.25, -0.2) is 0 Å². The van der Waals surface area contributed by atoms with Crippen molar-refractivity contribution in [1.82, 2.24) is 0 Å². The van der Waals surface area contributed by atoms with Gasteiger partial charge in [0.15, 0.2) is 0 Å². The summed E-state index contributed by atoms with van der Waals surface area (Å²) in [7, 11) is 0. The maximum atomic E-state index is 3.78. The molecule has 1 rings (SSSR count). The predicted molar refractivity (Wildman–Crippen MR) is 73.6 cm³/mol. The summed E-state index contributed by atoms with van der Waals surface area (Å²) in [5, 5.41) is 0. The van der Waals surface area contributed by atoms with Gasteiger partial charge in [0.2, 0.25) is 0 Å². The number of hydrogen-bond donors (Lipinski definition) is 0. The van der Waals surface area contributed by atoms with Crippen molar-refractivity contribution in [3.8, 4) is 0 Å². The van der Waals surface area contributed by atoms with Crippen molar-refractivity contribution >= 4 is 6.08 Å². The van der Waals surface area contributed by atoms with Crippen molar-refractivity contribution in [1.29, 1.82) is 0 Å². The van der Waals surface area contributed by atoms with Gasteiger partial charge in [-0.3, -0.25) is 0 Å². The Kier molecular flexibility index (Phi) is 4.35.